The number of hydrogen-bond donors (Lipinski definition) is 1. The highest BCUT2D eigenvalue weighted by Gasteiger charge is 2.16. The van der Waals surface area contributed by atoms with E-state index in [2.05, 4.69) is 0 Å². The molecule has 74 valence electrons. The molecule has 0 aromatic carbocycles. The summed E-state index contributed by atoms with van der Waals surface area (Å²) in [5.41, 5.74) is -0.576. The molecule has 0 bridgehead atoms. The molecule has 0 amide bonds. The van der Waals surface area contributed by atoms with Gasteiger partial charge in [-0.25, -0.2) is 0 Å². The summed E-state index contributed by atoms with van der Waals surface area (Å²) in [6.07, 6.45) is 0. The predicted octanol–water partition coefficient (Wildman–Crippen LogP) is 0.114. The van der Waals surface area contributed by atoms with Crippen LogP contribution in [0.15, 0.2) is 0 Å². The molecule has 0 radical (unpaired) electrons. The van der Waals surface area contributed by atoms with Crippen LogP contribution in [-0.4, -0.2) is 53.3 Å². The quantitative estimate of drug-likeness (QED) is 0.513. The molecular weight excluding hydrogens is 178 g/mol. The van der Waals surface area contributed by atoms with Crippen LogP contribution in [0.2, 0.25) is 0 Å². The Labute approximate surface area is 77.5 Å². The monoisotopic (exact) mass is 195 g/mol. The normalized spacial score (nSPS) is 13.4. The maximum absolute atomic E-state index is 10.5. The van der Waals surface area contributed by atoms with Crippen LogP contribution in [0.5, 0.6) is 0 Å². The van der Waals surface area contributed by atoms with Crippen molar-refractivity contribution in [1.29, 1.82) is 0 Å². The second-order valence-corrected chi connectivity index (χ2v) is 4.89. The highest BCUT2D eigenvalue weighted by Crippen LogP contribution is 2.11. The minimum absolute atomic E-state index is 0. The van der Waals surface area contributed by atoms with Crippen molar-refractivity contribution in [2.24, 2.45) is 0 Å². The fourth-order valence-corrected chi connectivity index (χ4v) is 1.60. The molecule has 0 saturated heterocycles. The number of aliphatic hydroxyl groups is 1. The van der Waals surface area contributed by atoms with Gasteiger partial charge in [-0.05, 0) is 0 Å². The van der Waals surface area contributed by atoms with Crippen molar-refractivity contribution in [3.05, 3.63) is 0 Å². The molecule has 0 fully saturated rings. The van der Waals surface area contributed by atoms with Crippen molar-refractivity contribution in [1.82, 2.24) is 0 Å². The average Bonchev–Trinajstić information content (AvgIpc) is 1.53. The lowest BCUT2D eigenvalue weighted by Gasteiger charge is -2.25. The Morgan fingerprint density at radius 2 is 1.92 bits per heavy atom. The molecule has 0 aliphatic heterocycles. The van der Waals surface area contributed by atoms with Crippen molar-refractivity contribution in [3.63, 3.8) is 0 Å². The van der Waals surface area contributed by atoms with Crippen LogP contribution >= 0.6 is 11.8 Å². The Balaban J connectivity index is 0. The smallest absolute Gasteiger partial charge is 0.188 e. The predicted molar refractivity (Wildman–Crippen MR) is 49.1 cm³/mol. The molecule has 0 heterocycles. The van der Waals surface area contributed by atoms with Gasteiger partial charge in [0.15, 0.2) is 10.6 Å². The molecule has 4 nitrogen and oxygen atoms in total. The van der Waals surface area contributed by atoms with E-state index >= 15 is 0 Å². The zero-order valence-electron chi connectivity index (χ0n) is 7.94. The first-order valence-corrected chi connectivity index (χ1v) is 4.35. The van der Waals surface area contributed by atoms with Gasteiger partial charge in [0.2, 0.25) is 0 Å². The first-order chi connectivity index (χ1) is 4.81. The number of likely N-dealkylation sites (N-methyl/N-ethyl adjacent to an activating group) is 1. The summed E-state index contributed by atoms with van der Waals surface area (Å²) in [6, 6.07) is 0. The van der Waals surface area contributed by atoms with Crippen LogP contribution in [0.4, 0.5) is 0 Å². The van der Waals surface area contributed by atoms with Crippen molar-refractivity contribution >= 4 is 16.9 Å². The Bertz CT molecular complexity index is 144. The molecule has 0 aromatic rings. The summed E-state index contributed by atoms with van der Waals surface area (Å²) < 4.78 is 0.668. The van der Waals surface area contributed by atoms with Gasteiger partial charge >= 0.3 is 0 Å². The fraction of sp³-hybridized carbons (Fsp3) is 0.857. The molecule has 0 rings (SSSR count). The third-order valence-corrected chi connectivity index (χ3v) is 1.76. The lowest BCUT2D eigenvalue weighted by atomic mass is 10.5. The maximum Gasteiger partial charge on any atom is 0.188 e. The number of hydrogen-bond acceptors (Lipinski definition) is 4. The number of quaternary nitrogens is 1. The molecular formula is C7H17NO3S. The van der Waals surface area contributed by atoms with E-state index in [0.717, 1.165) is 11.8 Å². The second-order valence-electron chi connectivity index (χ2n) is 3.54. The van der Waals surface area contributed by atoms with Gasteiger partial charge in [0.05, 0.1) is 21.1 Å². The molecule has 1 unspecified atom stereocenters. The fourth-order valence-electron chi connectivity index (χ4n) is 0.697. The molecule has 0 aliphatic rings. The van der Waals surface area contributed by atoms with Crippen LogP contribution in [0.3, 0.4) is 0 Å². The highest BCUT2D eigenvalue weighted by molar-refractivity contribution is 8.13. The van der Waals surface area contributed by atoms with Gasteiger partial charge in [0.1, 0.15) is 6.54 Å². The molecule has 0 aromatic heterocycles. The van der Waals surface area contributed by atoms with Crippen molar-refractivity contribution < 1.29 is 19.9 Å². The summed E-state index contributed by atoms with van der Waals surface area (Å²) >= 11 is 0.982. The zero-order chi connectivity index (χ0) is 9.07. The first-order valence-electron chi connectivity index (χ1n) is 3.47. The number of carbonyl (C=O) groups is 1. The summed E-state index contributed by atoms with van der Waals surface area (Å²) in [4.78, 5) is 10.5. The molecule has 2 N–H and O–H groups in total. The molecule has 12 heavy (non-hydrogen) atoms. The van der Waals surface area contributed by atoms with E-state index in [9.17, 15) is 9.90 Å². The third kappa shape index (κ3) is 9.90. The van der Waals surface area contributed by atoms with Crippen molar-refractivity contribution in [2.45, 2.75) is 12.4 Å². The van der Waals surface area contributed by atoms with E-state index in [1.807, 2.05) is 21.1 Å². The Hall–Kier alpha value is -0.100. The number of aliphatic hydroxyl groups excluding tert-OH is 1. The van der Waals surface area contributed by atoms with Crippen LogP contribution in [0.1, 0.15) is 6.92 Å². The van der Waals surface area contributed by atoms with Crippen LogP contribution in [0.25, 0.3) is 0 Å². The lowest BCUT2D eigenvalue weighted by molar-refractivity contribution is -0.871. The summed E-state index contributed by atoms with van der Waals surface area (Å²) in [7, 11) is 5.93. The van der Waals surface area contributed by atoms with E-state index in [1.165, 1.54) is 6.92 Å². The maximum atomic E-state index is 10.5. The second kappa shape index (κ2) is 5.53. The standard InChI is InChI=1S/C7H16NO2S.H2O/c1-6(9)11-7(10)5-8(2,3)4;/h7,10H,5H2,1-4H3;1H2/q+1;/p-1. The van der Waals surface area contributed by atoms with Gasteiger partial charge in [-0.2, -0.15) is 0 Å². The minimum atomic E-state index is -0.576. The number of thioether (sulfide) groups is 1. The van der Waals surface area contributed by atoms with Gasteiger partial charge in [0, 0.05) is 6.92 Å². The van der Waals surface area contributed by atoms with Gasteiger partial charge in [-0.15, -0.1) is 0 Å². The molecule has 0 saturated carbocycles. The van der Waals surface area contributed by atoms with Gasteiger partial charge in [-0.3, -0.25) is 4.79 Å². The molecule has 0 aliphatic carbocycles. The third-order valence-electron chi connectivity index (χ3n) is 1.01. The minimum Gasteiger partial charge on any atom is -0.870 e. The van der Waals surface area contributed by atoms with Gasteiger partial charge < -0.3 is 15.1 Å². The van der Waals surface area contributed by atoms with Crippen LogP contribution in [-0.2, 0) is 4.79 Å². The summed E-state index contributed by atoms with van der Waals surface area (Å²) in [5.74, 6) is 0. The molecule has 0 spiro atoms. The largest absolute Gasteiger partial charge is 0.870 e. The van der Waals surface area contributed by atoms with Crippen LogP contribution in [0, 0.1) is 0 Å². The summed E-state index contributed by atoms with van der Waals surface area (Å²) in [6.45, 7) is 2.05. The van der Waals surface area contributed by atoms with E-state index in [-0.39, 0.29) is 10.6 Å². The Morgan fingerprint density at radius 1 is 1.50 bits per heavy atom. The van der Waals surface area contributed by atoms with Crippen molar-refractivity contribution in [2.75, 3.05) is 27.7 Å². The lowest BCUT2D eigenvalue weighted by Crippen LogP contribution is -2.40. The van der Waals surface area contributed by atoms with Gasteiger partial charge in [0.25, 0.3) is 0 Å². The van der Waals surface area contributed by atoms with Gasteiger partial charge in [-0.1, -0.05) is 11.8 Å². The highest BCUT2D eigenvalue weighted by atomic mass is 32.2. The van der Waals surface area contributed by atoms with Crippen molar-refractivity contribution in [3.8, 4) is 0 Å². The first kappa shape index (κ1) is 14.4. The zero-order valence-corrected chi connectivity index (χ0v) is 8.76. The van der Waals surface area contributed by atoms with E-state index in [4.69, 9.17) is 0 Å². The summed E-state index contributed by atoms with van der Waals surface area (Å²) in [5, 5.41) is 9.25. The Kier molecular flexibility index (Phi) is 6.65. The van der Waals surface area contributed by atoms with E-state index in [0.29, 0.717) is 11.0 Å². The topological polar surface area (TPSA) is 67.3 Å². The van der Waals surface area contributed by atoms with E-state index in [1.54, 1.807) is 0 Å². The van der Waals surface area contributed by atoms with Crippen LogP contribution < -0.4 is 0 Å². The molecule has 1 atom stereocenters. The number of rotatable bonds is 3. The SMILES string of the molecule is CC(=O)SC(O)C[N+](C)(C)C.[OH-]. The average molecular weight is 195 g/mol. The Morgan fingerprint density at radius 3 is 2.17 bits per heavy atom. The van der Waals surface area contributed by atoms with E-state index < -0.39 is 5.44 Å². The number of nitrogens with zero attached hydrogens (tertiary/aromatic N) is 1. The molecule has 5 heteroatoms. The number of carbonyl (C=O) groups excluding carboxylic acids is 1.